The first-order valence-corrected chi connectivity index (χ1v) is 9.93. The van der Waals surface area contributed by atoms with Crippen molar-refractivity contribution in [2.24, 2.45) is 5.92 Å². The van der Waals surface area contributed by atoms with E-state index in [1.807, 2.05) is 34.6 Å². The molecule has 1 aromatic heterocycles. The summed E-state index contributed by atoms with van der Waals surface area (Å²) in [4.78, 5) is 28.1. The molecule has 0 saturated carbocycles. The Balaban J connectivity index is 2.79. The SMILES string of the molecule is CCOC(=O)c1csc(C(=O)CC(NS(=O)C(C)(C)C)C(C)C)n1. The number of rotatable bonds is 8. The summed E-state index contributed by atoms with van der Waals surface area (Å²) in [5, 5.41) is 1.79. The molecule has 0 aliphatic rings. The van der Waals surface area contributed by atoms with Gasteiger partial charge in [0.1, 0.15) is 0 Å². The van der Waals surface area contributed by atoms with Crippen LogP contribution in [0.4, 0.5) is 0 Å². The second kappa shape index (κ2) is 8.82. The molecule has 1 rings (SSSR count). The van der Waals surface area contributed by atoms with Gasteiger partial charge in [-0.2, -0.15) is 0 Å². The van der Waals surface area contributed by atoms with Crippen molar-refractivity contribution < 1.29 is 18.5 Å². The van der Waals surface area contributed by atoms with Gasteiger partial charge in [0, 0.05) is 17.8 Å². The fourth-order valence-corrected chi connectivity index (χ4v) is 3.44. The zero-order valence-electron chi connectivity index (χ0n) is 15.0. The lowest BCUT2D eigenvalue weighted by Crippen LogP contribution is -2.43. The van der Waals surface area contributed by atoms with Gasteiger partial charge in [-0.3, -0.25) is 4.79 Å². The zero-order chi connectivity index (χ0) is 18.5. The predicted molar refractivity (Wildman–Crippen MR) is 96.7 cm³/mol. The van der Waals surface area contributed by atoms with Crippen molar-refractivity contribution in [3.63, 3.8) is 0 Å². The lowest BCUT2D eigenvalue weighted by Gasteiger charge is -2.26. The minimum absolute atomic E-state index is 0.129. The van der Waals surface area contributed by atoms with E-state index >= 15 is 0 Å². The van der Waals surface area contributed by atoms with Crippen molar-refractivity contribution >= 4 is 34.1 Å². The van der Waals surface area contributed by atoms with Crippen LogP contribution in [0.15, 0.2) is 5.38 Å². The van der Waals surface area contributed by atoms with Crippen LogP contribution in [0.1, 0.15) is 68.3 Å². The molecule has 0 radical (unpaired) electrons. The van der Waals surface area contributed by atoms with E-state index in [0.29, 0.717) is 0 Å². The van der Waals surface area contributed by atoms with Gasteiger partial charge in [0.05, 0.1) is 22.3 Å². The third-order valence-electron chi connectivity index (χ3n) is 3.25. The molecule has 0 aromatic carbocycles. The van der Waals surface area contributed by atoms with E-state index in [9.17, 15) is 13.8 Å². The van der Waals surface area contributed by atoms with Crippen molar-refractivity contribution in [2.75, 3.05) is 6.61 Å². The number of nitrogens with zero attached hydrogens (tertiary/aromatic N) is 1. The molecule has 0 amide bonds. The van der Waals surface area contributed by atoms with Crippen LogP contribution >= 0.6 is 11.3 Å². The maximum atomic E-state index is 12.4. The number of carbonyl (C=O) groups is 2. The maximum absolute atomic E-state index is 12.4. The van der Waals surface area contributed by atoms with Crippen molar-refractivity contribution in [1.29, 1.82) is 0 Å². The third kappa shape index (κ3) is 6.07. The van der Waals surface area contributed by atoms with E-state index in [1.165, 1.54) is 5.38 Å². The molecule has 0 saturated heterocycles. The topological polar surface area (TPSA) is 85.4 Å². The summed E-state index contributed by atoms with van der Waals surface area (Å²) in [5.41, 5.74) is 0.150. The fourth-order valence-electron chi connectivity index (χ4n) is 1.72. The van der Waals surface area contributed by atoms with Gasteiger partial charge in [-0.1, -0.05) is 13.8 Å². The Labute approximate surface area is 150 Å². The fraction of sp³-hybridized carbons (Fsp3) is 0.688. The van der Waals surface area contributed by atoms with Crippen LogP contribution in [-0.4, -0.2) is 38.3 Å². The zero-order valence-corrected chi connectivity index (χ0v) is 16.7. The van der Waals surface area contributed by atoms with Gasteiger partial charge in [-0.15, -0.1) is 11.3 Å². The number of Topliss-reactive ketones (excluding diaryl/α,β-unsaturated/α-hetero) is 1. The molecule has 0 spiro atoms. The Morgan fingerprint density at radius 1 is 1.38 bits per heavy atom. The smallest absolute Gasteiger partial charge is 0.357 e. The number of thiazole rings is 1. The van der Waals surface area contributed by atoms with E-state index < -0.39 is 21.7 Å². The number of nitrogens with one attached hydrogen (secondary N) is 1. The Kier molecular flexibility index (Phi) is 7.69. The summed E-state index contributed by atoms with van der Waals surface area (Å²) in [6.07, 6.45) is 0.176. The van der Waals surface area contributed by atoms with Gasteiger partial charge in [0.25, 0.3) is 0 Å². The lowest BCUT2D eigenvalue weighted by molar-refractivity contribution is 0.0520. The number of hydrogen-bond donors (Lipinski definition) is 1. The van der Waals surface area contributed by atoms with Crippen molar-refractivity contribution in [3.8, 4) is 0 Å². The van der Waals surface area contributed by atoms with Gasteiger partial charge in [-0.25, -0.2) is 18.7 Å². The molecule has 0 bridgehead atoms. The molecule has 1 aromatic rings. The summed E-state index contributed by atoms with van der Waals surface area (Å²) in [7, 11) is -1.26. The first-order valence-electron chi connectivity index (χ1n) is 7.90. The van der Waals surface area contributed by atoms with Crippen LogP contribution in [0, 0.1) is 5.92 Å². The highest BCUT2D eigenvalue weighted by atomic mass is 32.2. The Morgan fingerprint density at radius 3 is 2.50 bits per heavy atom. The molecule has 8 heteroatoms. The largest absolute Gasteiger partial charge is 0.461 e. The number of ketones is 1. The highest BCUT2D eigenvalue weighted by Gasteiger charge is 2.27. The third-order valence-corrected chi connectivity index (χ3v) is 5.76. The lowest BCUT2D eigenvalue weighted by atomic mass is 10.00. The maximum Gasteiger partial charge on any atom is 0.357 e. The highest BCUT2D eigenvalue weighted by molar-refractivity contribution is 7.84. The van der Waals surface area contributed by atoms with Crippen LogP contribution in [-0.2, 0) is 15.7 Å². The highest BCUT2D eigenvalue weighted by Crippen LogP contribution is 2.18. The number of hydrogen-bond acceptors (Lipinski definition) is 6. The predicted octanol–water partition coefficient (Wildman–Crippen LogP) is 2.97. The van der Waals surface area contributed by atoms with E-state index in [1.54, 1.807) is 6.92 Å². The van der Waals surface area contributed by atoms with Crippen molar-refractivity contribution in [2.45, 2.75) is 58.8 Å². The molecular formula is C16H26N2O4S2. The van der Waals surface area contributed by atoms with Crippen LogP contribution in [0.5, 0.6) is 0 Å². The van der Waals surface area contributed by atoms with E-state index in [0.717, 1.165) is 11.3 Å². The van der Waals surface area contributed by atoms with Crippen LogP contribution < -0.4 is 4.72 Å². The molecular weight excluding hydrogens is 348 g/mol. The molecule has 0 aliphatic heterocycles. The second-order valence-electron chi connectivity index (χ2n) is 6.74. The summed E-state index contributed by atoms with van der Waals surface area (Å²) in [6.45, 7) is 11.5. The number of carbonyl (C=O) groups excluding carboxylic acids is 2. The number of aromatic nitrogens is 1. The standard InChI is InChI=1S/C16H26N2O4S2/c1-7-22-15(20)12-9-23-14(17-12)13(19)8-11(10(2)3)18-24(21)16(4,5)6/h9-11,18H,7-8H2,1-6H3. The molecule has 6 nitrogen and oxygen atoms in total. The summed E-state index contributed by atoms with van der Waals surface area (Å²) < 4.78 is 19.8. The molecule has 2 atom stereocenters. The Bertz CT molecular complexity index is 605. The second-order valence-corrected chi connectivity index (χ2v) is 9.59. The molecule has 1 N–H and O–H groups in total. The van der Waals surface area contributed by atoms with Gasteiger partial charge >= 0.3 is 5.97 Å². The first kappa shape index (κ1) is 20.9. The van der Waals surface area contributed by atoms with Gasteiger partial charge < -0.3 is 4.74 Å². The normalized spacial score (nSPS) is 14.5. The number of esters is 1. The molecule has 1 heterocycles. The van der Waals surface area contributed by atoms with E-state index in [-0.39, 0.29) is 41.5 Å². The Hall–Kier alpha value is -1.12. The summed E-state index contributed by atoms with van der Waals surface area (Å²) in [6, 6.07) is -0.229. The van der Waals surface area contributed by atoms with E-state index in [2.05, 4.69) is 9.71 Å². The quantitative estimate of drug-likeness (QED) is 0.558. The summed E-state index contributed by atoms with van der Waals surface area (Å²) >= 11 is 1.12. The molecule has 136 valence electrons. The average molecular weight is 375 g/mol. The molecule has 24 heavy (non-hydrogen) atoms. The molecule has 2 unspecified atom stereocenters. The van der Waals surface area contributed by atoms with Crippen LogP contribution in [0.3, 0.4) is 0 Å². The number of ether oxygens (including phenoxy) is 1. The van der Waals surface area contributed by atoms with Gasteiger partial charge in [0.15, 0.2) is 16.5 Å². The first-order chi connectivity index (χ1) is 11.1. The van der Waals surface area contributed by atoms with E-state index in [4.69, 9.17) is 4.74 Å². The van der Waals surface area contributed by atoms with Crippen LogP contribution in [0.2, 0.25) is 0 Å². The molecule has 0 aliphatic carbocycles. The minimum atomic E-state index is -1.26. The van der Waals surface area contributed by atoms with Gasteiger partial charge in [0.2, 0.25) is 0 Å². The van der Waals surface area contributed by atoms with Crippen molar-refractivity contribution in [1.82, 2.24) is 9.71 Å². The minimum Gasteiger partial charge on any atom is -0.461 e. The van der Waals surface area contributed by atoms with Crippen LogP contribution in [0.25, 0.3) is 0 Å². The molecule has 0 fully saturated rings. The summed E-state index contributed by atoms with van der Waals surface area (Å²) in [5.74, 6) is -0.572. The Morgan fingerprint density at radius 2 is 2.00 bits per heavy atom. The van der Waals surface area contributed by atoms with Gasteiger partial charge in [-0.05, 0) is 33.6 Å². The monoisotopic (exact) mass is 374 g/mol. The van der Waals surface area contributed by atoms with Crippen molar-refractivity contribution in [3.05, 3.63) is 16.1 Å². The average Bonchev–Trinajstić information content (AvgIpc) is 2.95.